The molecule has 0 aromatic carbocycles. The predicted molar refractivity (Wildman–Crippen MR) is 65.9 cm³/mol. The van der Waals surface area contributed by atoms with Gasteiger partial charge in [0.25, 0.3) is 10.0 Å². The number of nitrogen functional groups attached to an aromatic ring is 1. The first kappa shape index (κ1) is 13.4. The maximum atomic E-state index is 12.0. The summed E-state index contributed by atoms with van der Waals surface area (Å²) in [6, 6.07) is -0.118. The highest BCUT2D eigenvalue weighted by atomic mass is 32.2. The Morgan fingerprint density at radius 3 is 2.31 bits per heavy atom. The molecule has 0 saturated heterocycles. The standard InChI is InChI=1S/C9H17N3O2S2/c1-5(2)6(3)12-16(13,14)8-7(4)11-9(10)15-8/h5-6,12H,1-4H3,(H2,10,11). The number of hydrogen-bond acceptors (Lipinski definition) is 5. The molecule has 3 N–H and O–H groups in total. The first-order chi connectivity index (χ1) is 7.24. The van der Waals surface area contributed by atoms with Crippen LogP contribution in [0.1, 0.15) is 26.5 Å². The van der Waals surface area contributed by atoms with Crippen LogP contribution in [0.4, 0.5) is 5.13 Å². The van der Waals surface area contributed by atoms with Crippen molar-refractivity contribution in [2.24, 2.45) is 5.92 Å². The summed E-state index contributed by atoms with van der Waals surface area (Å²) < 4.78 is 26.8. The lowest BCUT2D eigenvalue weighted by Gasteiger charge is -2.16. The van der Waals surface area contributed by atoms with Gasteiger partial charge in [-0.2, -0.15) is 0 Å². The Hall–Kier alpha value is -0.660. The number of nitrogens with one attached hydrogen (secondary N) is 1. The number of nitrogens with zero attached hydrogens (tertiary/aromatic N) is 1. The largest absolute Gasteiger partial charge is 0.375 e. The summed E-state index contributed by atoms with van der Waals surface area (Å²) in [5.74, 6) is 0.236. The van der Waals surface area contributed by atoms with Crippen LogP contribution in [0.15, 0.2) is 4.21 Å². The molecule has 1 unspecified atom stereocenters. The number of sulfonamides is 1. The fourth-order valence-corrected chi connectivity index (χ4v) is 3.79. The molecule has 0 spiro atoms. The van der Waals surface area contributed by atoms with Gasteiger partial charge in [0.15, 0.2) is 9.34 Å². The number of rotatable bonds is 4. The molecule has 1 aromatic rings. The molecule has 0 saturated carbocycles. The van der Waals surface area contributed by atoms with E-state index in [1.54, 1.807) is 6.92 Å². The molecule has 1 aromatic heterocycles. The Morgan fingerprint density at radius 1 is 1.38 bits per heavy atom. The van der Waals surface area contributed by atoms with E-state index in [0.717, 1.165) is 11.3 Å². The zero-order chi connectivity index (χ0) is 12.5. The van der Waals surface area contributed by atoms with Crippen molar-refractivity contribution in [3.05, 3.63) is 5.69 Å². The van der Waals surface area contributed by atoms with Crippen molar-refractivity contribution in [2.45, 2.75) is 37.9 Å². The molecule has 0 fully saturated rings. The van der Waals surface area contributed by atoms with Gasteiger partial charge in [0, 0.05) is 6.04 Å². The Kier molecular flexibility index (Phi) is 3.92. The smallest absolute Gasteiger partial charge is 0.252 e. The topological polar surface area (TPSA) is 85.1 Å². The number of hydrogen-bond donors (Lipinski definition) is 2. The second-order valence-corrected chi connectivity index (χ2v) is 7.02. The molecular formula is C9H17N3O2S2. The quantitative estimate of drug-likeness (QED) is 0.859. The van der Waals surface area contributed by atoms with E-state index in [1.807, 2.05) is 20.8 Å². The summed E-state index contributed by atoms with van der Waals surface area (Å²) in [5.41, 5.74) is 5.93. The molecule has 7 heteroatoms. The highest BCUT2D eigenvalue weighted by Crippen LogP contribution is 2.25. The van der Waals surface area contributed by atoms with Crippen molar-refractivity contribution in [3.8, 4) is 0 Å². The van der Waals surface area contributed by atoms with Gasteiger partial charge in [-0.25, -0.2) is 18.1 Å². The lowest BCUT2D eigenvalue weighted by molar-refractivity contribution is 0.477. The second-order valence-electron chi connectivity index (χ2n) is 4.08. The van der Waals surface area contributed by atoms with Crippen LogP contribution in [0, 0.1) is 12.8 Å². The van der Waals surface area contributed by atoms with Crippen LogP contribution in [-0.4, -0.2) is 19.4 Å². The molecule has 0 aliphatic heterocycles. The maximum Gasteiger partial charge on any atom is 0.252 e. The fraction of sp³-hybridized carbons (Fsp3) is 0.667. The van der Waals surface area contributed by atoms with E-state index in [9.17, 15) is 8.42 Å². The second kappa shape index (κ2) is 4.68. The highest BCUT2D eigenvalue weighted by Gasteiger charge is 2.24. The molecule has 92 valence electrons. The van der Waals surface area contributed by atoms with E-state index >= 15 is 0 Å². The molecule has 1 atom stereocenters. The maximum absolute atomic E-state index is 12.0. The number of anilines is 1. The fourth-order valence-electron chi connectivity index (χ4n) is 1.09. The van der Waals surface area contributed by atoms with Crippen molar-refractivity contribution in [1.82, 2.24) is 9.71 Å². The van der Waals surface area contributed by atoms with Crippen LogP contribution in [0.5, 0.6) is 0 Å². The number of aryl methyl sites for hydroxylation is 1. The molecule has 0 radical (unpaired) electrons. The zero-order valence-electron chi connectivity index (χ0n) is 9.81. The van der Waals surface area contributed by atoms with Crippen molar-refractivity contribution < 1.29 is 8.42 Å². The van der Waals surface area contributed by atoms with Crippen molar-refractivity contribution in [1.29, 1.82) is 0 Å². The highest BCUT2D eigenvalue weighted by molar-refractivity contribution is 7.91. The van der Waals surface area contributed by atoms with Crippen molar-refractivity contribution in [3.63, 3.8) is 0 Å². The van der Waals surface area contributed by atoms with Gasteiger partial charge in [0.2, 0.25) is 0 Å². The average molecular weight is 263 g/mol. The van der Waals surface area contributed by atoms with Crippen LogP contribution >= 0.6 is 11.3 Å². The molecular weight excluding hydrogens is 246 g/mol. The predicted octanol–water partition coefficient (Wildman–Crippen LogP) is 1.36. The average Bonchev–Trinajstić information content (AvgIpc) is 2.45. The van der Waals surface area contributed by atoms with Crippen LogP contribution in [0.3, 0.4) is 0 Å². The van der Waals surface area contributed by atoms with E-state index in [0.29, 0.717) is 5.69 Å². The third-order valence-corrected chi connectivity index (χ3v) is 5.51. The summed E-state index contributed by atoms with van der Waals surface area (Å²) in [6.45, 7) is 7.39. The third-order valence-electron chi connectivity index (χ3n) is 2.36. The lowest BCUT2D eigenvalue weighted by Crippen LogP contribution is -2.35. The molecule has 5 nitrogen and oxygen atoms in total. The summed E-state index contributed by atoms with van der Waals surface area (Å²) in [5, 5.41) is 0.273. The van der Waals surface area contributed by atoms with Crippen LogP contribution in [0.2, 0.25) is 0 Å². The van der Waals surface area contributed by atoms with Crippen molar-refractivity contribution >= 4 is 26.5 Å². The third kappa shape index (κ3) is 2.93. The normalized spacial score (nSPS) is 14.3. The Labute approximate surface area is 100 Å². The molecule has 1 heterocycles. The molecule has 0 aliphatic carbocycles. The Balaban J connectivity index is 2.99. The molecule has 0 amide bonds. The first-order valence-electron chi connectivity index (χ1n) is 4.99. The number of aromatic nitrogens is 1. The minimum absolute atomic E-state index is 0.118. The van der Waals surface area contributed by atoms with Gasteiger partial charge in [0.1, 0.15) is 0 Å². The first-order valence-corrected chi connectivity index (χ1v) is 7.29. The van der Waals surface area contributed by atoms with Gasteiger partial charge in [-0.15, -0.1) is 0 Å². The summed E-state index contributed by atoms with van der Waals surface area (Å²) in [7, 11) is -3.49. The van der Waals surface area contributed by atoms with Crippen molar-refractivity contribution in [2.75, 3.05) is 5.73 Å². The van der Waals surface area contributed by atoms with Gasteiger partial charge >= 0.3 is 0 Å². The van der Waals surface area contributed by atoms with E-state index in [2.05, 4.69) is 9.71 Å². The molecule has 16 heavy (non-hydrogen) atoms. The molecule has 0 aliphatic rings. The summed E-state index contributed by atoms with van der Waals surface area (Å²) in [6.07, 6.45) is 0. The Morgan fingerprint density at radius 2 is 1.94 bits per heavy atom. The summed E-state index contributed by atoms with van der Waals surface area (Å²) in [4.78, 5) is 3.91. The zero-order valence-corrected chi connectivity index (χ0v) is 11.4. The van der Waals surface area contributed by atoms with Crippen LogP contribution < -0.4 is 10.5 Å². The van der Waals surface area contributed by atoms with Gasteiger partial charge in [-0.1, -0.05) is 25.2 Å². The molecule has 0 bridgehead atoms. The van der Waals surface area contributed by atoms with E-state index in [4.69, 9.17) is 5.73 Å². The van der Waals surface area contributed by atoms with Gasteiger partial charge in [-0.05, 0) is 19.8 Å². The molecule has 1 rings (SSSR count). The van der Waals surface area contributed by atoms with Gasteiger partial charge in [0.05, 0.1) is 5.69 Å². The van der Waals surface area contributed by atoms with Gasteiger partial charge < -0.3 is 5.73 Å². The van der Waals surface area contributed by atoms with E-state index in [1.165, 1.54) is 0 Å². The van der Waals surface area contributed by atoms with Crippen LogP contribution in [0.25, 0.3) is 0 Å². The van der Waals surface area contributed by atoms with E-state index < -0.39 is 10.0 Å². The van der Waals surface area contributed by atoms with Crippen LogP contribution in [-0.2, 0) is 10.0 Å². The Bertz CT molecular complexity index is 465. The number of nitrogens with two attached hydrogens (primary N) is 1. The minimum Gasteiger partial charge on any atom is -0.375 e. The van der Waals surface area contributed by atoms with E-state index in [-0.39, 0.29) is 21.3 Å². The van der Waals surface area contributed by atoms with Gasteiger partial charge in [-0.3, -0.25) is 0 Å². The lowest BCUT2D eigenvalue weighted by atomic mass is 10.1. The number of thiazole rings is 1. The SMILES string of the molecule is Cc1nc(N)sc1S(=O)(=O)NC(C)C(C)C. The summed E-state index contributed by atoms with van der Waals surface area (Å²) >= 11 is 0.991. The monoisotopic (exact) mass is 263 g/mol. The minimum atomic E-state index is -3.49.